The Balaban J connectivity index is 1.04. The molecule has 2 aliphatic rings. The van der Waals surface area contributed by atoms with E-state index in [1.165, 1.54) is 10.6 Å². The number of alkyl halides is 1. The summed E-state index contributed by atoms with van der Waals surface area (Å²) in [5.41, 5.74) is 8.95. The van der Waals surface area contributed by atoms with Crippen molar-refractivity contribution in [1.82, 2.24) is 33.9 Å². The molecular formula is C28H31F2N9O3. The van der Waals surface area contributed by atoms with E-state index in [0.29, 0.717) is 85.4 Å². The van der Waals surface area contributed by atoms with Crippen LogP contribution in [0.5, 0.6) is 5.75 Å². The second-order valence-electron chi connectivity index (χ2n) is 10.7. The maximum absolute atomic E-state index is 15.0. The molecule has 12 nitrogen and oxygen atoms in total. The van der Waals surface area contributed by atoms with Gasteiger partial charge in [0.05, 0.1) is 17.5 Å². The zero-order valence-electron chi connectivity index (χ0n) is 23.0. The summed E-state index contributed by atoms with van der Waals surface area (Å²) in [5.74, 6) is 0.697. The molecule has 1 aromatic carbocycles. The average Bonchev–Trinajstić information content (AvgIpc) is 3.78. The van der Waals surface area contributed by atoms with Crippen molar-refractivity contribution in [3.8, 4) is 17.2 Å². The lowest BCUT2D eigenvalue weighted by Gasteiger charge is -2.36. The van der Waals surface area contributed by atoms with Gasteiger partial charge in [-0.2, -0.15) is 14.6 Å². The number of anilines is 2. The quantitative estimate of drug-likeness (QED) is 0.297. The largest absolute Gasteiger partial charge is 0.486 e. The molecule has 0 aliphatic carbocycles. The summed E-state index contributed by atoms with van der Waals surface area (Å²) in [6, 6.07) is 10.1. The number of hydrogen-bond donors (Lipinski definition) is 2. The number of piperazine rings is 1. The number of nitrogens with zero attached hydrogens (tertiary/aromatic N) is 7. The van der Waals surface area contributed by atoms with Gasteiger partial charge in [-0.05, 0) is 30.3 Å². The lowest BCUT2D eigenvalue weighted by Crippen LogP contribution is -2.47. The van der Waals surface area contributed by atoms with E-state index in [9.17, 15) is 13.6 Å². The Morgan fingerprint density at radius 2 is 1.98 bits per heavy atom. The van der Waals surface area contributed by atoms with Gasteiger partial charge in [-0.1, -0.05) is 0 Å². The van der Waals surface area contributed by atoms with Crippen LogP contribution in [0.2, 0.25) is 0 Å². The smallest absolute Gasteiger partial charge is 0.330 e. The van der Waals surface area contributed by atoms with Crippen molar-refractivity contribution in [3.05, 3.63) is 59.0 Å². The first kappa shape index (κ1) is 26.5. The van der Waals surface area contributed by atoms with Gasteiger partial charge in [-0.3, -0.25) is 14.0 Å². The highest BCUT2D eigenvalue weighted by Crippen LogP contribution is 2.28. The minimum atomic E-state index is -1.11. The number of fused-ring (bicyclic) bond motifs is 3. The number of nitrogens with two attached hydrogens (primary N) is 1. The Morgan fingerprint density at radius 1 is 1.14 bits per heavy atom. The van der Waals surface area contributed by atoms with Crippen LogP contribution in [0.4, 0.5) is 20.4 Å². The molecular weight excluding hydrogens is 548 g/mol. The van der Waals surface area contributed by atoms with E-state index in [2.05, 4.69) is 20.3 Å². The SMILES string of the molecule is Cn1c(=O)n(CCN2CCN(c3ccc(O[C@H]4CNC[C@@H]4F)cc3F)CC2)c2nc(N)n3nc(-c4ccco4)cc3c21. The third kappa shape index (κ3) is 4.56. The molecule has 0 amide bonds. The Labute approximate surface area is 238 Å². The Kier molecular flexibility index (Phi) is 6.58. The molecule has 2 atom stereocenters. The number of furan rings is 1. The highest BCUT2D eigenvalue weighted by molar-refractivity contribution is 5.91. The van der Waals surface area contributed by atoms with Gasteiger partial charge in [0.15, 0.2) is 17.6 Å². The second-order valence-corrected chi connectivity index (χ2v) is 10.7. The number of halogens is 2. The highest BCUT2D eigenvalue weighted by Gasteiger charge is 2.29. The first-order valence-corrected chi connectivity index (χ1v) is 13.9. The van der Waals surface area contributed by atoms with Gasteiger partial charge >= 0.3 is 5.69 Å². The molecule has 0 bridgehead atoms. The number of imidazole rings is 1. The van der Waals surface area contributed by atoms with E-state index in [1.807, 2.05) is 11.0 Å². The van der Waals surface area contributed by atoms with E-state index in [4.69, 9.17) is 14.9 Å². The van der Waals surface area contributed by atoms with E-state index >= 15 is 0 Å². The molecule has 6 heterocycles. The lowest BCUT2D eigenvalue weighted by atomic mass is 10.2. The van der Waals surface area contributed by atoms with Crippen molar-refractivity contribution < 1.29 is 17.9 Å². The minimum Gasteiger partial charge on any atom is -0.486 e. The predicted octanol–water partition coefficient (Wildman–Crippen LogP) is 1.87. The van der Waals surface area contributed by atoms with Gasteiger partial charge in [0.2, 0.25) is 5.95 Å². The van der Waals surface area contributed by atoms with E-state index in [-0.39, 0.29) is 18.2 Å². The van der Waals surface area contributed by atoms with Crippen LogP contribution in [0.15, 0.2) is 51.9 Å². The molecule has 5 aromatic rings. The number of ether oxygens (including phenoxy) is 1. The number of aromatic nitrogens is 5. The molecule has 3 N–H and O–H groups in total. The molecule has 0 radical (unpaired) electrons. The number of aryl methyl sites for hydroxylation is 1. The maximum atomic E-state index is 15.0. The highest BCUT2D eigenvalue weighted by atomic mass is 19.1. The minimum absolute atomic E-state index is 0.172. The molecule has 7 rings (SSSR count). The second kappa shape index (κ2) is 10.4. The van der Waals surface area contributed by atoms with Crippen LogP contribution in [0, 0.1) is 5.82 Å². The molecule has 2 fully saturated rings. The van der Waals surface area contributed by atoms with Gasteiger partial charge in [0.25, 0.3) is 0 Å². The van der Waals surface area contributed by atoms with Gasteiger partial charge in [-0.25, -0.2) is 13.6 Å². The number of nitrogen functional groups attached to an aromatic ring is 1. The van der Waals surface area contributed by atoms with E-state index in [1.54, 1.807) is 46.7 Å². The zero-order chi connectivity index (χ0) is 29.0. The van der Waals surface area contributed by atoms with Crippen molar-refractivity contribution in [2.75, 3.05) is 56.4 Å². The van der Waals surface area contributed by atoms with Crippen LogP contribution in [-0.2, 0) is 13.6 Å². The summed E-state index contributed by atoms with van der Waals surface area (Å²) in [5, 5.41) is 7.45. The van der Waals surface area contributed by atoms with E-state index < -0.39 is 18.1 Å². The monoisotopic (exact) mass is 579 g/mol. The van der Waals surface area contributed by atoms with Gasteiger partial charge in [0.1, 0.15) is 28.9 Å². The van der Waals surface area contributed by atoms with Crippen LogP contribution in [0.1, 0.15) is 0 Å². The van der Waals surface area contributed by atoms with Crippen molar-refractivity contribution in [2.45, 2.75) is 18.8 Å². The summed E-state index contributed by atoms with van der Waals surface area (Å²) in [6.07, 6.45) is -0.140. The molecule has 0 unspecified atom stereocenters. The first-order chi connectivity index (χ1) is 20.4. The van der Waals surface area contributed by atoms with Crippen LogP contribution in [-0.4, -0.2) is 86.7 Å². The lowest BCUT2D eigenvalue weighted by molar-refractivity contribution is 0.139. The van der Waals surface area contributed by atoms with Gasteiger partial charge < -0.3 is 25.1 Å². The van der Waals surface area contributed by atoms with Gasteiger partial charge in [0, 0.05) is 65.5 Å². The van der Waals surface area contributed by atoms with Gasteiger partial charge in [-0.15, -0.1) is 0 Å². The van der Waals surface area contributed by atoms with Crippen LogP contribution >= 0.6 is 0 Å². The maximum Gasteiger partial charge on any atom is 0.330 e. The van der Waals surface area contributed by atoms with Crippen LogP contribution in [0.25, 0.3) is 28.1 Å². The number of benzene rings is 1. The van der Waals surface area contributed by atoms with Crippen LogP contribution < -0.4 is 26.4 Å². The molecule has 220 valence electrons. The van der Waals surface area contributed by atoms with Crippen molar-refractivity contribution >= 4 is 28.3 Å². The number of nitrogens with one attached hydrogen (secondary N) is 1. The molecule has 14 heteroatoms. The standard InChI is InChI=1S/C28H31F2N9O3/c1-35-25-22-14-20(23-3-2-12-41-23)34-39(22)27(31)33-26(25)38(28(35)40)11-8-36-6-9-37(10-7-36)21-5-4-17(13-18(21)29)42-24-16-32-15-19(24)30/h2-5,12-14,19,24,32H,6-11,15-16H2,1H3,(H2,31,33)/t19-,24-/m0/s1. The average molecular weight is 580 g/mol. The van der Waals surface area contributed by atoms with Crippen molar-refractivity contribution in [2.24, 2.45) is 7.05 Å². The predicted molar refractivity (Wildman–Crippen MR) is 153 cm³/mol. The normalized spacial score (nSPS) is 19.8. The summed E-state index contributed by atoms with van der Waals surface area (Å²) >= 11 is 0. The molecule has 42 heavy (non-hydrogen) atoms. The third-order valence-electron chi connectivity index (χ3n) is 8.13. The number of hydrogen-bond acceptors (Lipinski definition) is 9. The number of rotatable bonds is 7. The molecule has 2 aliphatic heterocycles. The van der Waals surface area contributed by atoms with E-state index in [0.717, 1.165) is 0 Å². The van der Waals surface area contributed by atoms with Crippen LogP contribution in [0.3, 0.4) is 0 Å². The fraction of sp³-hybridized carbons (Fsp3) is 0.393. The molecule has 0 spiro atoms. The molecule has 2 saturated heterocycles. The van der Waals surface area contributed by atoms with Crippen molar-refractivity contribution in [3.63, 3.8) is 0 Å². The van der Waals surface area contributed by atoms with Crippen molar-refractivity contribution in [1.29, 1.82) is 0 Å². The topological polar surface area (TPSA) is 124 Å². The zero-order valence-corrected chi connectivity index (χ0v) is 23.0. The Hall–Kier alpha value is -4.43. The summed E-state index contributed by atoms with van der Waals surface area (Å²) < 4.78 is 44.7. The summed E-state index contributed by atoms with van der Waals surface area (Å²) in [6.45, 7) is 4.33. The Morgan fingerprint density at radius 3 is 2.69 bits per heavy atom. The Bertz CT molecular complexity index is 1810. The summed E-state index contributed by atoms with van der Waals surface area (Å²) in [7, 11) is 1.71. The fourth-order valence-electron chi connectivity index (χ4n) is 5.86. The molecule has 0 saturated carbocycles. The third-order valence-corrected chi connectivity index (χ3v) is 8.13. The fourth-order valence-corrected chi connectivity index (χ4v) is 5.86. The summed E-state index contributed by atoms with van der Waals surface area (Å²) in [4.78, 5) is 22.0. The first-order valence-electron chi connectivity index (χ1n) is 13.9. The molecule has 4 aromatic heterocycles.